The summed E-state index contributed by atoms with van der Waals surface area (Å²) in [6.07, 6.45) is 2.03. The molecule has 2 N–H and O–H groups in total. The molecular weight excluding hydrogens is 335 g/mol. The normalized spacial score (nSPS) is 19.2. The first-order valence-electron chi connectivity index (χ1n) is 8.72. The van der Waals surface area contributed by atoms with Crippen LogP contribution in [-0.4, -0.2) is 33.2 Å². The van der Waals surface area contributed by atoms with Crippen LogP contribution in [0.1, 0.15) is 24.4 Å². The highest BCUT2D eigenvalue weighted by molar-refractivity contribution is 5.91. The van der Waals surface area contributed by atoms with Crippen molar-refractivity contribution in [2.24, 2.45) is 0 Å². The molecule has 1 aliphatic heterocycles. The third-order valence-corrected chi connectivity index (χ3v) is 4.81. The number of anilines is 1. The summed E-state index contributed by atoms with van der Waals surface area (Å²) < 4.78 is 23.8. The Kier molecular flexibility index (Phi) is 5.73. The Labute approximate surface area is 152 Å². The summed E-state index contributed by atoms with van der Waals surface area (Å²) in [5.41, 5.74) is 1.67. The molecule has 1 fully saturated rings. The predicted molar refractivity (Wildman–Crippen MR) is 97.2 cm³/mol. The van der Waals surface area contributed by atoms with Crippen LogP contribution in [-0.2, 0) is 4.79 Å². The maximum Gasteiger partial charge on any atom is 0.279 e. The van der Waals surface area contributed by atoms with Gasteiger partial charge in [-0.05, 0) is 42.5 Å². The number of amides is 1. The molecule has 1 unspecified atom stereocenters. The largest absolute Gasteiger partial charge is 0.497 e. The molecule has 1 saturated heterocycles. The fraction of sp³-hybridized carbons (Fsp3) is 0.350. The topological polar surface area (TPSA) is 52.0 Å². The average molecular weight is 359 g/mol. The molecule has 0 spiro atoms. The number of hydrogen-bond donors (Lipinski definition) is 2. The van der Waals surface area contributed by atoms with E-state index in [2.05, 4.69) is 5.32 Å². The number of carbonyl (C=O) groups excluding carboxylic acids is 1. The highest BCUT2D eigenvalue weighted by Gasteiger charge is 2.34. The number of benzene rings is 2. The van der Waals surface area contributed by atoms with Crippen molar-refractivity contribution >= 4 is 11.6 Å². The van der Waals surface area contributed by atoms with Gasteiger partial charge in [-0.15, -0.1) is 0 Å². The van der Waals surface area contributed by atoms with Gasteiger partial charge in [-0.3, -0.25) is 4.79 Å². The van der Waals surface area contributed by atoms with Crippen molar-refractivity contribution in [3.05, 3.63) is 53.8 Å². The van der Waals surface area contributed by atoms with Gasteiger partial charge in [0.25, 0.3) is 5.91 Å². The zero-order chi connectivity index (χ0) is 18.5. The first kappa shape index (κ1) is 18.2. The number of likely N-dealkylation sites (tertiary alicyclic amines) is 1. The van der Waals surface area contributed by atoms with Crippen LogP contribution in [0, 0.1) is 5.82 Å². The molecule has 3 rings (SSSR count). The Balaban J connectivity index is 1.72. The van der Waals surface area contributed by atoms with Crippen molar-refractivity contribution in [2.45, 2.75) is 18.9 Å². The van der Waals surface area contributed by atoms with E-state index in [-0.39, 0.29) is 17.8 Å². The molecule has 1 heterocycles. The van der Waals surface area contributed by atoms with E-state index in [1.54, 1.807) is 26.4 Å². The van der Waals surface area contributed by atoms with Crippen molar-refractivity contribution in [1.29, 1.82) is 0 Å². The van der Waals surface area contributed by atoms with E-state index in [1.807, 2.05) is 18.2 Å². The molecule has 26 heavy (non-hydrogen) atoms. The summed E-state index contributed by atoms with van der Waals surface area (Å²) in [6, 6.07) is 11.8. The second-order valence-electron chi connectivity index (χ2n) is 6.44. The molecule has 5 nitrogen and oxygen atoms in total. The van der Waals surface area contributed by atoms with E-state index >= 15 is 0 Å². The van der Waals surface area contributed by atoms with Crippen LogP contribution in [0.4, 0.5) is 10.1 Å². The van der Waals surface area contributed by atoms with Crippen LogP contribution >= 0.6 is 0 Å². The standard InChI is InChI=1S/C20H23FN2O3/c1-25-16-9-10-19(26-2)17(12-16)18-4-3-11-23(18)13-20(24)22-15-7-5-14(21)6-8-15/h5-10,12,18H,3-4,11,13H2,1-2H3,(H,22,24)/p+1/t18-/m1/s1. The van der Waals surface area contributed by atoms with Gasteiger partial charge in [0, 0.05) is 18.5 Å². The number of methoxy groups -OCH3 is 2. The first-order valence-corrected chi connectivity index (χ1v) is 8.72. The monoisotopic (exact) mass is 359 g/mol. The first-order chi connectivity index (χ1) is 12.6. The summed E-state index contributed by atoms with van der Waals surface area (Å²) in [5, 5.41) is 2.84. The molecule has 2 atom stereocenters. The van der Waals surface area contributed by atoms with Crippen molar-refractivity contribution in [1.82, 2.24) is 0 Å². The minimum Gasteiger partial charge on any atom is -0.497 e. The quantitative estimate of drug-likeness (QED) is 0.831. The molecule has 0 aliphatic carbocycles. The van der Waals surface area contributed by atoms with Gasteiger partial charge in [0.2, 0.25) is 0 Å². The summed E-state index contributed by atoms with van der Waals surface area (Å²) in [4.78, 5) is 13.6. The number of ether oxygens (including phenoxy) is 2. The number of quaternary nitrogens is 1. The van der Waals surface area contributed by atoms with Crippen LogP contribution in [0.3, 0.4) is 0 Å². The zero-order valence-electron chi connectivity index (χ0n) is 15.0. The maximum absolute atomic E-state index is 13.0. The van der Waals surface area contributed by atoms with Gasteiger partial charge in [-0.1, -0.05) is 0 Å². The fourth-order valence-electron chi connectivity index (χ4n) is 3.55. The van der Waals surface area contributed by atoms with Crippen LogP contribution in [0.2, 0.25) is 0 Å². The van der Waals surface area contributed by atoms with Gasteiger partial charge in [0.05, 0.1) is 26.3 Å². The Morgan fingerprint density at radius 3 is 2.65 bits per heavy atom. The fourth-order valence-corrected chi connectivity index (χ4v) is 3.55. The number of hydrogen-bond acceptors (Lipinski definition) is 3. The number of halogens is 1. The molecule has 1 aliphatic rings. The number of carbonyl (C=O) groups is 1. The third kappa shape index (κ3) is 4.14. The van der Waals surface area contributed by atoms with Gasteiger partial charge in [-0.25, -0.2) is 4.39 Å². The van der Waals surface area contributed by atoms with Gasteiger partial charge in [0.15, 0.2) is 6.54 Å². The SMILES string of the molecule is COc1ccc(OC)c([C@H]2CCC[NH+]2CC(=O)Nc2ccc(F)cc2)c1. The van der Waals surface area contributed by atoms with Crippen LogP contribution < -0.4 is 19.7 Å². The van der Waals surface area contributed by atoms with Gasteiger partial charge in [0.1, 0.15) is 23.4 Å². The average Bonchev–Trinajstić information content (AvgIpc) is 3.10. The molecular formula is C20H24FN2O3+. The number of rotatable bonds is 6. The van der Waals surface area contributed by atoms with Crippen LogP contribution in [0.5, 0.6) is 11.5 Å². The summed E-state index contributed by atoms with van der Waals surface area (Å²) in [6.45, 7) is 1.27. The van der Waals surface area contributed by atoms with Crippen molar-refractivity contribution < 1.29 is 23.6 Å². The summed E-state index contributed by atoms with van der Waals surface area (Å²) in [7, 11) is 3.29. The highest BCUT2D eigenvalue weighted by atomic mass is 19.1. The van der Waals surface area contributed by atoms with Gasteiger partial charge >= 0.3 is 0 Å². The van der Waals surface area contributed by atoms with E-state index in [0.29, 0.717) is 12.2 Å². The lowest BCUT2D eigenvalue weighted by atomic mass is 10.0. The lowest BCUT2D eigenvalue weighted by Gasteiger charge is -2.23. The summed E-state index contributed by atoms with van der Waals surface area (Å²) in [5.74, 6) is 1.19. The molecule has 0 aromatic heterocycles. The highest BCUT2D eigenvalue weighted by Crippen LogP contribution is 2.31. The molecule has 2 aromatic carbocycles. The lowest BCUT2D eigenvalue weighted by molar-refractivity contribution is -0.910. The second-order valence-corrected chi connectivity index (χ2v) is 6.44. The Bertz CT molecular complexity index is 764. The molecule has 1 amide bonds. The smallest absolute Gasteiger partial charge is 0.279 e. The Hall–Kier alpha value is -2.60. The minimum absolute atomic E-state index is 0.0830. The maximum atomic E-state index is 13.0. The van der Waals surface area contributed by atoms with Crippen LogP contribution in [0.25, 0.3) is 0 Å². The van der Waals surface area contributed by atoms with Crippen molar-refractivity contribution in [3.63, 3.8) is 0 Å². The molecule has 0 saturated carbocycles. The molecule has 138 valence electrons. The lowest BCUT2D eigenvalue weighted by Crippen LogP contribution is -3.11. The third-order valence-electron chi connectivity index (χ3n) is 4.81. The Morgan fingerprint density at radius 1 is 1.19 bits per heavy atom. The molecule has 0 bridgehead atoms. The Morgan fingerprint density at radius 2 is 1.96 bits per heavy atom. The molecule has 0 radical (unpaired) electrons. The van der Waals surface area contributed by atoms with E-state index in [9.17, 15) is 9.18 Å². The van der Waals surface area contributed by atoms with E-state index in [1.165, 1.54) is 17.0 Å². The van der Waals surface area contributed by atoms with Gasteiger partial charge < -0.3 is 19.7 Å². The minimum atomic E-state index is -0.321. The van der Waals surface area contributed by atoms with Crippen molar-refractivity contribution in [2.75, 3.05) is 32.6 Å². The number of nitrogens with one attached hydrogen (secondary N) is 2. The van der Waals surface area contributed by atoms with Crippen LogP contribution in [0.15, 0.2) is 42.5 Å². The summed E-state index contributed by atoms with van der Waals surface area (Å²) >= 11 is 0. The predicted octanol–water partition coefficient (Wildman–Crippen LogP) is 2.20. The van der Waals surface area contributed by atoms with E-state index in [4.69, 9.17) is 9.47 Å². The second kappa shape index (κ2) is 8.19. The zero-order valence-corrected chi connectivity index (χ0v) is 15.0. The molecule has 2 aromatic rings. The molecule has 6 heteroatoms. The van der Waals surface area contributed by atoms with Gasteiger partial charge in [-0.2, -0.15) is 0 Å². The van der Waals surface area contributed by atoms with E-state index in [0.717, 1.165) is 36.4 Å². The van der Waals surface area contributed by atoms with Crippen molar-refractivity contribution in [3.8, 4) is 11.5 Å². The van der Waals surface area contributed by atoms with E-state index < -0.39 is 0 Å².